The monoisotopic (exact) mass is 249 g/mol. The van der Waals surface area contributed by atoms with Crippen LogP contribution in [0.5, 0.6) is 0 Å². The van der Waals surface area contributed by atoms with Gasteiger partial charge >= 0.3 is 0 Å². The number of nitrogens with zero attached hydrogens (tertiary/aromatic N) is 1. The Morgan fingerprint density at radius 3 is 3.11 bits per heavy atom. The molecule has 98 valence electrons. The van der Waals surface area contributed by atoms with Crippen molar-refractivity contribution in [2.45, 2.75) is 25.3 Å². The molecule has 18 heavy (non-hydrogen) atoms. The predicted molar refractivity (Wildman–Crippen MR) is 69.7 cm³/mol. The van der Waals surface area contributed by atoms with E-state index >= 15 is 0 Å². The second-order valence-corrected chi connectivity index (χ2v) is 4.45. The molecule has 0 spiro atoms. The quantitative estimate of drug-likeness (QED) is 0.717. The van der Waals surface area contributed by atoms with Crippen LogP contribution in [0.2, 0.25) is 0 Å². The minimum Gasteiger partial charge on any atom is -0.385 e. The Morgan fingerprint density at radius 2 is 2.39 bits per heavy atom. The van der Waals surface area contributed by atoms with Crippen LogP contribution in [0.25, 0.3) is 0 Å². The minimum absolute atomic E-state index is 0.0626. The highest BCUT2D eigenvalue weighted by molar-refractivity contribution is 5.94. The third-order valence-electron chi connectivity index (χ3n) is 2.76. The summed E-state index contributed by atoms with van der Waals surface area (Å²) >= 11 is 0. The summed E-state index contributed by atoms with van der Waals surface area (Å²) in [6.07, 6.45) is 4.86. The number of rotatable bonds is 7. The van der Waals surface area contributed by atoms with Crippen LogP contribution in [-0.2, 0) is 4.74 Å². The minimum atomic E-state index is -0.0626. The Bertz CT molecular complexity index is 405. The molecular weight excluding hydrogens is 230 g/mol. The van der Waals surface area contributed by atoms with E-state index in [0.717, 1.165) is 12.2 Å². The van der Waals surface area contributed by atoms with Gasteiger partial charge in [-0.05, 0) is 31.4 Å². The number of hydrogen-bond donors (Lipinski definition) is 2. The van der Waals surface area contributed by atoms with Crippen LogP contribution < -0.4 is 10.6 Å². The van der Waals surface area contributed by atoms with Gasteiger partial charge in [-0.15, -0.1) is 0 Å². The maximum atomic E-state index is 11.9. The molecule has 0 unspecified atom stereocenters. The molecule has 1 aromatic rings. The molecule has 1 amide bonds. The van der Waals surface area contributed by atoms with Crippen LogP contribution in [0.15, 0.2) is 18.3 Å². The van der Waals surface area contributed by atoms with Gasteiger partial charge < -0.3 is 15.4 Å². The van der Waals surface area contributed by atoms with E-state index in [1.807, 2.05) is 0 Å². The van der Waals surface area contributed by atoms with Crippen LogP contribution >= 0.6 is 0 Å². The SMILES string of the molecule is COCCCNC(=O)c1ccnc(NC2CC2)c1. The molecule has 1 aliphatic carbocycles. The van der Waals surface area contributed by atoms with Crippen LogP contribution in [-0.4, -0.2) is 37.2 Å². The molecule has 0 bridgehead atoms. The first-order valence-electron chi connectivity index (χ1n) is 6.29. The number of pyridine rings is 1. The van der Waals surface area contributed by atoms with Crippen molar-refractivity contribution in [1.29, 1.82) is 0 Å². The van der Waals surface area contributed by atoms with E-state index in [-0.39, 0.29) is 5.91 Å². The zero-order chi connectivity index (χ0) is 12.8. The van der Waals surface area contributed by atoms with Crippen LogP contribution in [0.4, 0.5) is 5.82 Å². The third kappa shape index (κ3) is 4.00. The molecule has 5 nitrogen and oxygen atoms in total. The summed E-state index contributed by atoms with van der Waals surface area (Å²) in [7, 11) is 1.65. The molecule has 1 aromatic heterocycles. The standard InChI is InChI=1S/C13H19N3O2/c1-18-8-2-6-15-13(17)10-5-7-14-12(9-10)16-11-3-4-11/h5,7,9,11H,2-4,6,8H2,1H3,(H,14,16)(H,15,17). The summed E-state index contributed by atoms with van der Waals surface area (Å²) in [4.78, 5) is 16.1. The topological polar surface area (TPSA) is 63.2 Å². The van der Waals surface area contributed by atoms with E-state index in [9.17, 15) is 4.79 Å². The average molecular weight is 249 g/mol. The molecule has 5 heteroatoms. The maximum absolute atomic E-state index is 11.9. The number of anilines is 1. The predicted octanol–water partition coefficient (Wildman–Crippen LogP) is 1.42. The molecule has 2 N–H and O–H groups in total. The molecule has 1 aliphatic rings. The maximum Gasteiger partial charge on any atom is 0.251 e. The Kier molecular flexibility index (Phi) is 4.52. The summed E-state index contributed by atoms with van der Waals surface area (Å²) < 4.78 is 4.93. The molecule has 1 heterocycles. The number of carbonyl (C=O) groups excluding carboxylic acids is 1. The van der Waals surface area contributed by atoms with Gasteiger partial charge in [0.25, 0.3) is 5.91 Å². The molecule has 2 rings (SSSR count). The Balaban J connectivity index is 1.84. The second-order valence-electron chi connectivity index (χ2n) is 4.45. The van der Waals surface area contributed by atoms with Crippen molar-refractivity contribution in [3.05, 3.63) is 23.9 Å². The summed E-state index contributed by atoms with van der Waals surface area (Å²) in [5.74, 6) is 0.717. The Morgan fingerprint density at radius 1 is 1.56 bits per heavy atom. The molecule has 0 aromatic carbocycles. The molecule has 1 saturated carbocycles. The van der Waals surface area contributed by atoms with Gasteiger partial charge in [0.1, 0.15) is 5.82 Å². The lowest BCUT2D eigenvalue weighted by molar-refractivity contribution is 0.0948. The highest BCUT2D eigenvalue weighted by atomic mass is 16.5. The molecule has 0 radical (unpaired) electrons. The molecule has 0 aliphatic heterocycles. The number of ether oxygens (including phenoxy) is 1. The van der Waals surface area contributed by atoms with E-state index in [1.165, 1.54) is 12.8 Å². The Hall–Kier alpha value is -1.62. The van der Waals surface area contributed by atoms with E-state index in [2.05, 4.69) is 15.6 Å². The number of carbonyl (C=O) groups is 1. The third-order valence-corrected chi connectivity index (χ3v) is 2.76. The van der Waals surface area contributed by atoms with Gasteiger partial charge in [-0.25, -0.2) is 4.98 Å². The van der Waals surface area contributed by atoms with Crippen molar-refractivity contribution in [1.82, 2.24) is 10.3 Å². The Labute approximate surface area is 107 Å². The number of nitrogens with one attached hydrogen (secondary N) is 2. The largest absolute Gasteiger partial charge is 0.385 e. The van der Waals surface area contributed by atoms with Crippen molar-refractivity contribution in [2.24, 2.45) is 0 Å². The lowest BCUT2D eigenvalue weighted by atomic mass is 10.2. The number of methoxy groups -OCH3 is 1. The van der Waals surface area contributed by atoms with Crippen molar-refractivity contribution >= 4 is 11.7 Å². The fourth-order valence-corrected chi connectivity index (χ4v) is 1.61. The molecular formula is C13H19N3O2. The summed E-state index contributed by atoms with van der Waals surface area (Å²) in [6, 6.07) is 4.06. The molecule has 1 fully saturated rings. The summed E-state index contributed by atoms with van der Waals surface area (Å²) in [6.45, 7) is 1.28. The van der Waals surface area contributed by atoms with Gasteiger partial charge in [0, 0.05) is 38.1 Å². The fraction of sp³-hybridized carbons (Fsp3) is 0.538. The first-order valence-corrected chi connectivity index (χ1v) is 6.29. The van der Waals surface area contributed by atoms with Gasteiger partial charge in [-0.2, -0.15) is 0 Å². The van der Waals surface area contributed by atoms with E-state index in [0.29, 0.717) is 24.8 Å². The average Bonchev–Trinajstić information content (AvgIpc) is 3.19. The number of hydrogen-bond acceptors (Lipinski definition) is 4. The lowest BCUT2D eigenvalue weighted by Gasteiger charge is -2.07. The van der Waals surface area contributed by atoms with E-state index in [4.69, 9.17) is 4.74 Å². The van der Waals surface area contributed by atoms with Gasteiger partial charge in [0.05, 0.1) is 0 Å². The molecule has 0 saturated heterocycles. The van der Waals surface area contributed by atoms with Crippen molar-refractivity contribution in [2.75, 3.05) is 25.6 Å². The lowest BCUT2D eigenvalue weighted by Crippen LogP contribution is -2.25. The first kappa shape index (κ1) is 12.8. The van der Waals surface area contributed by atoms with Crippen LogP contribution in [0.3, 0.4) is 0 Å². The number of amides is 1. The molecule has 0 atom stereocenters. The number of aromatic nitrogens is 1. The first-order chi connectivity index (χ1) is 8.79. The summed E-state index contributed by atoms with van der Waals surface area (Å²) in [5, 5.41) is 6.13. The van der Waals surface area contributed by atoms with Crippen molar-refractivity contribution in [3.63, 3.8) is 0 Å². The van der Waals surface area contributed by atoms with Crippen LogP contribution in [0, 0.1) is 0 Å². The normalized spacial score (nSPS) is 14.3. The highest BCUT2D eigenvalue weighted by Crippen LogP contribution is 2.23. The van der Waals surface area contributed by atoms with E-state index < -0.39 is 0 Å². The smallest absolute Gasteiger partial charge is 0.251 e. The zero-order valence-electron chi connectivity index (χ0n) is 10.6. The summed E-state index contributed by atoms with van der Waals surface area (Å²) in [5.41, 5.74) is 0.644. The van der Waals surface area contributed by atoms with Gasteiger partial charge in [0.2, 0.25) is 0 Å². The van der Waals surface area contributed by atoms with Crippen molar-refractivity contribution in [3.8, 4) is 0 Å². The van der Waals surface area contributed by atoms with Crippen molar-refractivity contribution < 1.29 is 9.53 Å². The van der Waals surface area contributed by atoms with E-state index in [1.54, 1.807) is 25.4 Å². The van der Waals surface area contributed by atoms with Gasteiger partial charge in [-0.1, -0.05) is 0 Å². The second kappa shape index (κ2) is 6.35. The van der Waals surface area contributed by atoms with Crippen LogP contribution in [0.1, 0.15) is 29.6 Å². The highest BCUT2D eigenvalue weighted by Gasteiger charge is 2.21. The van der Waals surface area contributed by atoms with Gasteiger partial charge in [-0.3, -0.25) is 4.79 Å². The zero-order valence-corrected chi connectivity index (χ0v) is 10.6. The van der Waals surface area contributed by atoms with Gasteiger partial charge in [0.15, 0.2) is 0 Å². The fourth-order valence-electron chi connectivity index (χ4n) is 1.61.